The van der Waals surface area contributed by atoms with E-state index in [4.69, 9.17) is 4.98 Å². The van der Waals surface area contributed by atoms with Crippen LogP contribution < -0.4 is 14.5 Å². The Balaban J connectivity index is 0.00000196. The average molecular weight is 640 g/mol. The minimum absolute atomic E-state index is 0. The van der Waals surface area contributed by atoms with Crippen molar-refractivity contribution >= 4 is 81.3 Å². The summed E-state index contributed by atoms with van der Waals surface area (Å²) in [6, 6.07) is 19.2. The highest BCUT2D eigenvalue weighted by Gasteiger charge is 2.23. The lowest BCUT2D eigenvalue weighted by Crippen LogP contribution is -2.47. The number of aryl methyl sites for hydroxylation is 2. The first-order valence-electron chi connectivity index (χ1n) is 12.5. The van der Waals surface area contributed by atoms with Crippen LogP contribution in [0.3, 0.4) is 0 Å². The Morgan fingerprint density at radius 1 is 0.854 bits per heavy atom. The fourth-order valence-corrected chi connectivity index (χ4v) is 5.85. The summed E-state index contributed by atoms with van der Waals surface area (Å²) in [4.78, 5) is 21.5. The smallest absolute Gasteiger partial charge is 0.336 e. The van der Waals surface area contributed by atoms with Gasteiger partial charge in [-0.1, -0.05) is 29.8 Å². The number of carboxylic acid groups (broad SMARTS) is 1. The molecule has 0 spiro atoms. The zero-order chi connectivity index (χ0) is 27.0. The van der Waals surface area contributed by atoms with Gasteiger partial charge in [0.15, 0.2) is 0 Å². The number of hydrogen-bond donors (Lipinski definition) is 2. The second-order valence-corrected chi connectivity index (χ2v) is 11.4. The van der Waals surface area contributed by atoms with Gasteiger partial charge in [0, 0.05) is 42.9 Å². The maximum atomic E-state index is 12.8. The molecule has 5 rings (SSSR count). The Bertz CT molecular complexity index is 1640. The molecule has 4 aromatic rings. The number of rotatable bonds is 6. The van der Waals surface area contributed by atoms with Gasteiger partial charge in [0.1, 0.15) is 5.82 Å². The van der Waals surface area contributed by atoms with Crippen molar-refractivity contribution in [3.05, 3.63) is 89.0 Å². The molecule has 1 aromatic heterocycles. The van der Waals surface area contributed by atoms with E-state index in [-0.39, 0.29) is 53.4 Å². The second kappa shape index (κ2) is 13.6. The van der Waals surface area contributed by atoms with Gasteiger partial charge >= 0.3 is 5.97 Å². The van der Waals surface area contributed by atoms with Crippen molar-refractivity contribution in [1.29, 1.82) is 0 Å². The summed E-state index contributed by atoms with van der Waals surface area (Å²) in [5.41, 5.74) is 5.56. The third-order valence-electron chi connectivity index (χ3n) is 7.13. The lowest BCUT2D eigenvalue weighted by atomic mass is 10.1. The Labute approximate surface area is 259 Å². The van der Waals surface area contributed by atoms with Gasteiger partial charge in [-0.2, -0.15) is 0 Å². The summed E-state index contributed by atoms with van der Waals surface area (Å²) in [6.07, 6.45) is 0. The molecule has 0 amide bonds. The van der Waals surface area contributed by atoms with E-state index in [9.17, 15) is 18.3 Å². The number of fused-ring (bicyclic) bond motifs is 1. The molecule has 3 aromatic carbocycles. The van der Waals surface area contributed by atoms with E-state index in [1.165, 1.54) is 35.0 Å². The summed E-state index contributed by atoms with van der Waals surface area (Å²) in [7, 11) is -3.82. The lowest BCUT2D eigenvalue weighted by molar-refractivity contribution is 0.0699. The predicted molar refractivity (Wildman–Crippen MR) is 173 cm³/mol. The zero-order valence-corrected chi connectivity index (χ0v) is 26.1. The van der Waals surface area contributed by atoms with E-state index in [0.717, 1.165) is 18.7 Å². The minimum atomic E-state index is -3.82. The predicted octanol–water partition coefficient (Wildman–Crippen LogP) is 6.25. The Kier molecular flexibility index (Phi) is 11.3. The normalized spacial score (nSPS) is 13.0. The van der Waals surface area contributed by atoms with E-state index in [0.29, 0.717) is 29.8 Å². The monoisotopic (exact) mass is 638 g/mol. The highest BCUT2D eigenvalue weighted by molar-refractivity contribution is 7.92. The number of sulfonamides is 1. The van der Waals surface area contributed by atoms with Gasteiger partial charge in [0.2, 0.25) is 0 Å². The summed E-state index contributed by atoms with van der Waals surface area (Å²) < 4.78 is 28.2. The van der Waals surface area contributed by atoms with Gasteiger partial charge in [-0.05, 0) is 74.4 Å². The van der Waals surface area contributed by atoms with Crippen molar-refractivity contribution in [2.45, 2.75) is 25.7 Å². The molecule has 0 unspecified atom stereocenters. The number of pyridine rings is 1. The number of hydrogen-bond acceptors (Lipinski definition) is 6. The molecule has 1 saturated heterocycles. The number of aromatic nitrogens is 1. The second-order valence-electron chi connectivity index (χ2n) is 9.68. The molecule has 0 atom stereocenters. The highest BCUT2D eigenvalue weighted by Crippen LogP contribution is 2.29. The molecule has 0 aliphatic carbocycles. The molecular weight excluding hydrogens is 607 g/mol. The Hall–Kier alpha value is -3.24. The maximum absolute atomic E-state index is 12.8. The van der Waals surface area contributed by atoms with Gasteiger partial charge < -0.3 is 14.9 Å². The van der Waals surface area contributed by atoms with Gasteiger partial charge in [-0.15, -0.1) is 37.2 Å². The first-order valence-corrected chi connectivity index (χ1v) is 13.9. The zero-order valence-electron chi connectivity index (χ0n) is 22.8. The van der Waals surface area contributed by atoms with Crippen molar-refractivity contribution < 1.29 is 18.3 Å². The molecule has 41 heavy (non-hydrogen) atoms. The fraction of sp³-hybridized carbons (Fsp3) is 0.241. The molecule has 1 aliphatic rings. The highest BCUT2D eigenvalue weighted by atomic mass is 35.5. The van der Waals surface area contributed by atoms with Gasteiger partial charge in [0.25, 0.3) is 10.0 Å². The van der Waals surface area contributed by atoms with E-state index in [1.807, 2.05) is 6.92 Å². The number of aromatic carboxylic acids is 1. The van der Waals surface area contributed by atoms with Crippen molar-refractivity contribution in [1.82, 2.24) is 4.98 Å². The van der Waals surface area contributed by atoms with Crippen molar-refractivity contribution in [3.8, 4) is 0 Å². The lowest BCUT2D eigenvalue weighted by Gasteiger charge is -2.37. The average Bonchev–Trinajstić information content (AvgIpc) is 2.90. The van der Waals surface area contributed by atoms with Crippen LogP contribution in [-0.2, 0) is 10.0 Å². The Morgan fingerprint density at radius 3 is 2.12 bits per heavy atom. The number of nitrogens with zero attached hydrogens (tertiary/aromatic N) is 3. The first-order chi connectivity index (χ1) is 18.1. The quantitative estimate of drug-likeness (QED) is 0.257. The molecule has 8 nitrogen and oxygen atoms in total. The van der Waals surface area contributed by atoms with Crippen molar-refractivity contribution in [2.75, 3.05) is 40.7 Å². The van der Waals surface area contributed by atoms with Crippen LogP contribution in [0.25, 0.3) is 10.9 Å². The largest absolute Gasteiger partial charge is 0.478 e. The molecule has 2 N–H and O–H groups in total. The summed E-state index contributed by atoms with van der Waals surface area (Å²) in [5.74, 6) is -0.491. The fourth-order valence-electron chi connectivity index (χ4n) is 4.80. The molecule has 12 heteroatoms. The molecule has 2 heterocycles. The molecule has 0 bridgehead atoms. The van der Waals surface area contributed by atoms with Crippen LogP contribution in [0.1, 0.15) is 27.0 Å². The van der Waals surface area contributed by atoms with Crippen molar-refractivity contribution in [2.24, 2.45) is 0 Å². The van der Waals surface area contributed by atoms with Crippen LogP contribution >= 0.6 is 37.2 Å². The standard InChI is InChI=1S/C29H30N4O4S.3ClH/c1-19-7-10-23(11-8-19)38(36,37)31-22-9-12-26-24(17-22)25(29(34)35)18-28(30-26)33-15-13-32(14-16-33)27-6-4-5-20(2)21(27)3;;;/h4-12,17-18,31H,13-16H2,1-3H3,(H,34,35);3*1H. The third-order valence-corrected chi connectivity index (χ3v) is 8.53. The van der Waals surface area contributed by atoms with Crippen LogP contribution in [0.4, 0.5) is 17.2 Å². The van der Waals surface area contributed by atoms with Crippen LogP contribution in [0.15, 0.2) is 71.6 Å². The SMILES string of the molecule is Cc1ccc(S(=O)(=O)Nc2ccc3nc(N4CCN(c5cccc(C)c5C)CC4)cc(C(=O)O)c3c2)cc1.Cl.Cl.Cl. The Morgan fingerprint density at radius 2 is 1.49 bits per heavy atom. The summed E-state index contributed by atoms with van der Waals surface area (Å²) in [5, 5.41) is 10.4. The van der Waals surface area contributed by atoms with Crippen LogP contribution in [-0.4, -0.2) is 50.7 Å². The van der Waals surface area contributed by atoms with Crippen LogP contribution in [0.2, 0.25) is 0 Å². The molecule has 1 aliphatic heterocycles. The summed E-state index contributed by atoms with van der Waals surface area (Å²) >= 11 is 0. The van der Waals surface area contributed by atoms with Crippen LogP contribution in [0, 0.1) is 20.8 Å². The van der Waals surface area contributed by atoms with Crippen LogP contribution in [0.5, 0.6) is 0 Å². The topological polar surface area (TPSA) is 103 Å². The summed E-state index contributed by atoms with van der Waals surface area (Å²) in [6.45, 7) is 9.14. The van der Waals surface area contributed by atoms with Crippen molar-refractivity contribution in [3.63, 3.8) is 0 Å². The number of piperazine rings is 1. The number of anilines is 3. The molecular formula is C29H33Cl3N4O4S. The van der Waals surface area contributed by atoms with E-state index in [2.05, 4.69) is 46.6 Å². The molecule has 1 fully saturated rings. The number of carbonyl (C=O) groups is 1. The third kappa shape index (κ3) is 7.16. The first kappa shape index (κ1) is 34.0. The van der Waals surface area contributed by atoms with E-state index >= 15 is 0 Å². The molecule has 0 saturated carbocycles. The number of benzene rings is 3. The number of nitrogens with one attached hydrogen (secondary N) is 1. The molecule has 0 radical (unpaired) electrons. The minimum Gasteiger partial charge on any atom is -0.478 e. The number of halogens is 3. The van der Waals surface area contributed by atoms with E-state index in [1.54, 1.807) is 30.3 Å². The van der Waals surface area contributed by atoms with Gasteiger partial charge in [-0.3, -0.25) is 4.72 Å². The maximum Gasteiger partial charge on any atom is 0.336 e. The molecule has 220 valence electrons. The van der Waals surface area contributed by atoms with Gasteiger partial charge in [-0.25, -0.2) is 18.2 Å². The van der Waals surface area contributed by atoms with E-state index < -0.39 is 16.0 Å². The number of carboxylic acids is 1. The van der Waals surface area contributed by atoms with Gasteiger partial charge in [0.05, 0.1) is 16.0 Å².